The zero-order valence-electron chi connectivity index (χ0n) is 11.9. The lowest BCUT2D eigenvalue weighted by atomic mass is 9.99. The van der Waals surface area contributed by atoms with Gasteiger partial charge >= 0.3 is 0 Å². The highest BCUT2D eigenvalue weighted by molar-refractivity contribution is 5.90. The zero-order chi connectivity index (χ0) is 13.9. The summed E-state index contributed by atoms with van der Waals surface area (Å²) in [7, 11) is 0. The van der Waals surface area contributed by atoms with E-state index in [1.165, 1.54) is 0 Å². The van der Waals surface area contributed by atoms with Gasteiger partial charge in [-0.3, -0.25) is 14.5 Å². The Morgan fingerprint density at radius 3 is 2.53 bits per heavy atom. The highest BCUT2D eigenvalue weighted by Crippen LogP contribution is 2.19. The molecule has 0 spiro atoms. The largest absolute Gasteiger partial charge is 0.354 e. The highest BCUT2D eigenvalue weighted by Gasteiger charge is 2.38. The van der Waals surface area contributed by atoms with Gasteiger partial charge < -0.3 is 15.5 Å². The summed E-state index contributed by atoms with van der Waals surface area (Å²) < 4.78 is 0. The summed E-state index contributed by atoms with van der Waals surface area (Å²) in [6.45, 7) is 9.01. The van der Waals surface area contributed by atoms with Gasteiger partial charge in [0.15, 0.2) is 0 Å². The van der Waals surface area contributed by atoms with E-state index in [1.54, 1.807) is 4.90 Å². The number of rotatable bonds is 2. The van der Waals surface area contributed by atoms with Crippen molar-refractivity contribution in [1.82, 2.24) is 20.4 Å². The molecule has 2 N–H and O–H groups in total. The molecule has 0 aromatic carbocycles. The van der Waals surface area contributed by atoms with E-state index in [2.05, 4.69) is 15.5 Å². The minimum Gasteiger partial charge on any atom is -0.354 e. The Morgan fingerprint density at radius 1 is 1.16 bits per heavy atom. The van der Waals surface area contributed by atoms with E-state index in [4.69, 9.17) is 0 Å². The van der Waals surface area contributed by atoms with Gasteiger partial charge in [-0.15, -0.1) is 0 Å². The summed E-state index contributed by atoms with van der Waals surface area (Å²) in [6, 6.07) is 0. The Kier molecular flexibility index (Phi) is 4.42. The first-order valence-electron chi connectivity index (χ1n) is 7.03. The number of hydrogen-bond acceptors (Lipinski definition) is 4. The van der Waals surface area contributed by atoms with Crippen LogP contribution in [0.2, 0.25) is 0 Å². The molecule has 0 aliphatic carbocycles. The minimum atomic E-state index is -0.535. The lowest BCUT2D eigenvalue weighted by Crippen LogP contribution is -2.61. The molecule has 2 rings (SSSR count). The molecule has 2 heterocycles. The van der Waals surface area contributed by atoms with Gasteiger partial charge in [0.2, 0.25) is 11.8 Å². The molecule has 2 amide bonds. The van der Waals surface area contributed by atoms with Crippen LogP contribution in [-0.4, -0.2) is 73.0 Å². The Balaban J connectivity index is 2.05. The van der Waals surface area contributed by atoms with Gasteiger partial charge in [-0.25, -0.2) is 0 Å². The van der Waals surface area contributed by atoms with Gasteiger partial charge in [0.05, 0.1) is 12.1 Å². The van der Waals surface area contributed by atoms with Gasteiger partial charge in [-0.2, -0.15) is 0 Å². The van der Waals surface area contributed by atoms with Crippen LogP contribution in [0.15, 0.2) is 0 Å². The number of carbonyl (C=O) groups is 2. The van der Waals surface area contributed by atoms with Crippen LogP contribution in [0.5, 0.6) is 0 Å². The average molecular weight is 268 g/mol. The fourth-order valence-electron chi connectivity index (χ4n) is 2.73. The van der Waals surface area contributed by atoms with E-state index >= 15 is 0 Å². The van der Waals surface area contributed by atoms with Gasteiger partial charge in [-0.05, 0) is 20.3 Å². The van der Waals surface area contributed by atoms with Crippen molar-refractivity contribution >= 4 is 11.8 Å². The lowest BCUT2D eigenvalue weighted by molar-refractivity contribution is -0.145. The number of nitrogens with one attached hydrogen (secondary N) is 2. The quantitative estimate of drug-likeness (QED) is 0.675. The maximum absolute atomic E-state index is 12.7. The van der Waals surface area contributed by atoms with Crippen LogP contribution in [0.3, 0.4) is 0 Å². The third-order valence-corrected chi connectivity index (χ3v) is 3.98. The first-order valence-corrected chi connectivity index (χ1v) is 7.03. The summed E-state index contributed by atoms with van der Waals surface area (Å²) >= 11 is 0. The van der Waals surface area contributed by atoms with Crippen molar-refractivity contribution in [2.75, 3.05) is 45.8 Å². The summed E-state index contributed by atoms with van der Waals surface area (Å²) in [6.07, 6.45) is 0.828. The van der Waals surface area contributed by atoms with Crippen LogP contribution >= 0.6 is 0 Å². The van der Waals surface area contributed by atoms with Crippen LogP contribution < -0.4 is 10.6 Å². The monoisotopic (exact) mass is 268 g/mol. The fraction of sp³-hybridized carbons (Fsp3) is 0.846. The van der Waals surface area contributed by atoms with Gasteiger partial charge in [0, 0.05) is 39.3 Å². The molecule has 0 radical (unpaired) electrons. The summed E-state index contributed by atoms with van der Waals surface area (Å²) in [5.41, 5.74) is -0.535. The SMILES string of the molecule is CC(C)(C(=O)N1CCCNC(=O)C1)N1CCNCC1. The maximum atomic E-state index is 12.7. The topological polar surface area (TPSA) is 64.7 Å². The van der Waals surface area contributed by atoms with Crippen molar-refractivity contribution in [2.45, 2.75) is 25.8 Å². The maximum Gasteiger partial charge on any atom is 0.242 e. The summed E-state index contributed by atoms with van der Waals surface area (Å²) in [5, 5.41) is 6.10. The van der Waals surface area contributed by atoms with Gasteiger partial charge in [-0.1, -0.05) is 0 Å². The second-order valence-electron chi connectivity index (χ2n) is 5.73. The summed E-state index contributed by atoms with van der Waals surface area (Å²) in [5.74, 6) is 0.00779. The molecule has 2 aliphatic rings. The smallest absolute Gasteiger partial charge is 0.242 e. The number of carbonyl (C=O) groups excluding carboxylic acids is 2. The van der Waals surface area contributed by atoms with E-state index in [-0.39, 0.29) is 18.4 Å². The predicted octanol–water partition coefficient (Wildman–Crippen LogP) is -0.981. The van der Waals surface area contributed by atoms with Crippen LogP contribution in [0, 0.1) is 0 Å². The number of piperazine rings is 1. The van der Waals surface area contributed by atoms with Crippen LogP contribution in [0.25, 0.3) is 0 Å². The molecule has 108 valence electrons. The van der Waals surface area contributed by atoms with Crippen molar-refractivity contribution in [3.8, 4) is 0 Å². The molecule has 0 unspecified atom stereocenters. The van der Waals surface area contributed by atoms with Gasteiger partial charge in [0.25, 0.3) is 0 Å². The third-order valence-electron chi connectivity index (χ3n) is 3.98. The number of nitrogens with zero attached hydrogens (tertiary/aromatic N) is 2. The molecule has 0 atom stereocenters. The first-order chi connectivity index (χ1) is 9.01. The van der Waals surface area contributed by atoms with Gasteiger partial charge in [0.1, 0.15) is 0 Å². The molecule has 0 bridgehead atoms. The van der Waals surface area contributed by atoms with Crippen molar-refractivity contribution in [3.63, 3.8) is 0 Å². The molecule has 2 aliphatic heterocycles. The molecule has 6 heteroatoms. The highest BCUT2D eigenvalue weighted by atomic mass is 16.2. The molecule has 2 fully saturated rings. The van der Waals surface area contributed by atoms with Crippen LogP contribution in [0.1, 0.15) is 20.3 Å². The summed E-state index contributed by atoms with van der Waals surface area (Å²) in [4.78, 5) is 28.2. The van der Waals surface area contributed by atoms with E-state index in [0.29, 0.717) is 13.1 Å². The van der Waals surface area contributed by atoms with E-state index < -0.39 is 5.54 Å². The Hall–Kier alpha value is -1.14. The fourth-order valence-corrected chi connectivity index (χ4v) is 2.73. The number of amides is 2. The molecule has 6 nitrogen and oxygen atoms in total. The first kappa shape index (κ1) is 14.3. The minimum absolute atomic E-state index is 0.0537. The molecular weight excluding hydrogens is 244 g/mol. The molecule has 0 saturated carbocycles. The Labute approximate surface area is 114 Å². The van der Waals surface area contributed by atoms with Crippen molar-refractivity contribution in [3.05, 3.63) is 0 Å². The second-order valence-corrected chi connectivity index (χ2v) is 5.73. The van der Waals surface area contributed by atoms with Crippen molar-refractivity contribution in [1.29, 1.82) is 0 Å². The zero-order valence-corrected chi connectivity index (χ0v) is 11.9. The van der Waals surface area contributed by atoms with Crippen LogP contribution in [-0.2, 0) is 9.59 Å². The predicted molar refractivity (Wildman–Crippen MR) is 72.7 cm³/mol. The van der Waals surface area contributed by atoms with E-state index in [1.807, 2.05) is 13.8 Å². The Morgan fingerprint density at radius 2 is 1.84 bits per heavy atom. The Bertz CT molecular complexity index is 351. The van der Waals surface area contributed by atoms with Crippen molar-refractivity contribution in [2.24, 2.45) is 0 Å². The van der Waals surface area contributed by atoms with E-state index in [9.17, 15) is 9.59 Å². The lowest BCUT2D eigenvalue weighted by Gasteiger charge is -2.42. The molecule has 0 aromatic rings. The molecule has 2 saturated heterocycles. The standard InChI is InChI=1S/C13H24N4O2/c1-13(2,17-8-5-14-6-9-17)12(19)16-7-3-4-15-11(18)10-16/h14H,3-10H2,1-2H3,(H,15,18). The van der Waals surface area contributed by atoms with Crippen molar-refractivity contribution < 1.29 is 9.59 Å². The normalized spacial score (nSPS) is 22.8. The third kappa shape index (κ3) is 3.25. The van der Waals surface area contributed by atoms with Crippen LogP contribution in [0.4, 0.5) is 0 Å². The second kappa shape index (κ2) is 5.88. The van der Waals surface area contributed by atoms with E-state index in [0.717, 1.165) is 32.6 Å². The number of hydrogen-bond donors (Lipinski definition) is 2. The molecular formula is C13H24N4O2. The average Bonchev–Trinajstić information content (AvgIpc) is 2.63. The molecule has 0 aromatic heterocycles. The molecule has 19 heavy (non-hydrogen) atoms.